The maximum Gasteiger partial charge on any atom is 0.295 e. The van der Waals surface area contributed by atoms with Crippen molar-refractivity contribution in [1.29, 1.82) is 0 Å². The van der Waals surface area contributed by atoms with Gasteiger partial charge in [-0.25, -0.2) is 4.98 Å². The number of ether oxygens (including phenoxy) is 1. The fourth-order valence-corrected chi connectivity index (χ4v) is 4.03. The first-order chi connectivity index (χ1) is 16.4. The van der Waals surface area contributed by atoms with Gasteiger partial charge in [-0.15, -0.1) is 0 Å². The van der Waals surface area contributed by atoms with E-state index in [1.807, 2.05) is 4.57 Å². The molecule has 1 aliphatic heterocycles. The Morgan fingerprint density at radius 2 is 1.97 bits per heavy atom. The van der Waals surface area contributed by atoms with Crippen LogP contribution in [0.3, 0.4) is 0 Å². The number of nitrogens with zero attached hydrogens (tertiary/aromatic N) is 4. The highest BCUT2D eigenvalue weighted by Crippen LogP contribution is 2.40. The molecular formula is C24H22N4O6. The van der Waals surface area contributed by atoms with Crippen molar-refractivity contribution in [1.82, 2.24) is 14.5 Å². The Kier molecular flexibility index (Phi) is 6.39. The molecule has 1 fully saturated rings. The first kappa shape index (κ1) is 22.7. The lowest BCUT2D eigenvalue weighted by molar-refractivity contribution is -0.384. The van der Waals surface area contributed by atoms with Crippen molar-refractivity contribution >= 4 is 23.1 Å². The maximum absolute atomic E-state index is 13.1. The SMILES string of the molecule is COc1cccc(C(O)=C2C(=O)C(=O)N(CCCn3ccnc3)[C@@H]2c2cccc([N+](=O)[O-])c2)c1. The summed E-state index contributed by atoms with van der Waals surface area (Å²) < 4.78 is 7.04. The van der Waals surface area contributed by atoms with Crippen LogP contribution in [0.4, 0.5) is 5.69 Å². The van der Waals surface area contributed by atoms with Gasteiger partial charge in [0, 0.05) is 43.2 Å². The summed E-state index contributed by atoms with van der Waals surface area (Å²) in [5, 5.41) is 22.5. The van der Waals surface area contributed by atoms with Gasteiger partial charge in [0.05, 0.1) is 30.0 Å². The van der Waals surface area contributed by atoms with Gasteiger partial charge >= 0.3 is 0 Å². The first-order valence-corrected chi connectivity index (χ1v) is 10.5. The second kappa shape index (κ2) is 9.57. The van der Waals surface area contributed by atoms with Crippen LogP contribution in [0.2, 0.25) is 0 Å². The standard InChI is InChI=1S/C24H22N4O6/c1-34-19-8-3-6-17(14-19)22(29)20-21(16-5-2-7-18(13-16)28(32)33)27(24(31)23(20)30)11-4-10-26-12-9-25-15-26/h2-3,5-9,12-15,21,29H,4,10-11H2,1H3/t21-/m1/s1. The van der Waals surface area contributed by atoms with Gasteiger partial charge in [-0.1, -0.05) is 24.3 Å². The molecule has 0 aliphatic carbocycles. The molecule has 4 rings (SSSR count). The molecule has 2 aromatic carbocycles. The third-order valence-corrected chi connectivity index (χ3v) is 5.65. The molecule has 3 aromatic rings. The quantitative estimate of drug-likeness (QED) is 0.179. The van der Waals surface area contributed by atoms with Crippen LogP contribution in [0.25, 0.3) is 5.76 Å². The minimum Gasteiger partial charge on any atom is -0.507 e. The molecule has 0 spiro atoms. The number of likely N-dealkylation sites (tertiary alicyclic amines) is 1. The molecule has 1 N–H and O–H groups in total. The zero-order valence-electron chi connectivity index (χ0n) is 18.3. The van der Waals surface area contributed by atoms with Crippen LogP contribution < -0.4 is 4.74 Å². The Balaban J connectivity index is 1.78. The second-order valence-electron chi connectivity index (χ2n) is 7.73. The molecule has 0 saturated carbocycles. The molecule has 10 nitrogen and oxygen atoms in total. The van der Waals surface area contributed by atoms with Crippen LogP contribution in [0.1, 0.15) is 23.6 Å². The molecule has 1 saturated heterocycles. The minimum atomic E-state index is -0.978. The van der Waals surface area contributed by atoms with E-state index in [1.54, 1.807) is 49.1 Å². The van der Waals surface area contributed by atoms with Crippen LogP contribution in [-0.2, 0) is 16.1 Å². The van der Waals surface area contributed by atoms with Crippen molar-refractivity contribution in [3.63, 3.8) is 0 Å². The number of methoxy groups -OCH3 is 1. The average Bonchev–Trinajstić information content (AvgIpc) is 3.46. The molecule has 0 bridgehead atoms. The van der Waals surface area contributed by atoms with E-state index >= 15 is 0 Å². The van der Waals surface area contributed by atoms with Gasteiger partial charge in [0.2, 0.25) is 0 Å². The van der Waals surface area contributed by atoms with Gasteiger partial charge in [0.25, 0.3) is 17.4 Å². The van der Waals surface area contributed by atoms with Crippen molar-refractivity contribution in [2.24, 2.45) is 0 Å². The van der Waals surface area contributed by atoms with Crippen LogP contribution in [0, 0.1) is 10.1 Å². The Bertz CT molecular complexity index is 1270. The number of carbonyl (C=O) groups is 2. The minimum absolute atomic E-state index is 0.124. The van der Waals surface area contributed by atoms with Gasteiger partial charge in [-0.2, -0.15) is 0 Å². The molecule has 1 aliphatic rings. The molecule has 10 heteroatoms. The van der Waals surface area contributed by atoms with Crippen molar-refractivity contribution in [3.05, 3.63) is 94.1 Å². The van der Waals surface area contributed by atoms with Gasteiger partial charge < -0.3 is 19.3 Å². The van der Waals surface area contributed by atoms with E-state index in [0.717, 1.165) is 0 Å². The molecule has 0 radical (unpaired) electrons. The van der Waals surface area contributed by atoms with Crippen molar-refractivity contribution in [3.8, 4) is 5.75 Å². The summed E-state index contributed by atoms with van der Waals surface area (Å²) in [4.78, 5) is 42.3. The summed E-state index contributed by atoms with van der Waals surface area (Å²) in [6.45, 7) is 0.756. The van der Waals surface area contributed by atoms with E-state index in [1.165, 1.54) is 30.2 Å². The number of Topliss-reactive ketones (excluding diaryl/α,β-unsaturated/α-hetero) is 1. The number of imidazole rings is 1. The predicted molar refractivity (Wildman–Crippen MR) is 122 cm³/mol. The van der Waals surface area contributed by atoms with Crippen LogP contribution in [0.5, 0.6) is 5.75 Å². The molecule has 1 amide bonds. The number of hydrogen-bond donors (Lipinski definition) is 1. The lowest BCUT2D eigenvalue weighted by atomic mass is 9.95. The predicted octanol–water partition coefficient (Wildman–Crippen LogP) is 3.31. The molecular weight excluding hydrogens is 440 g/mol. The maximum atomic E-state index is 13.1. The summed E-state index contributed by atoms with van der Waals surface area (Å²) in [6, 6.07) is 11.2. The fourth-order valence-electron chi connectivity index (χ4n) is 4.03. The highest BCUT2D eigenvalue weighted by molar-refractivity contribution is 6.46. The van der Waals surface area contributed by atoms with E-state index in [-0.39, 0.29) is 23.6 Å². The number of aliphatic hydroxyl groups excluding tert-OH is 1. The number of hydrogen-bond acceptors (Lipinski definition) is 7. The average molecular weight is 462 g/mol. The summed E-state index contributed by atoms with van der Waals surface area (Å²) in [5.41, 5.74) is 0.357. The van der Waals surface area contributed by atoms with E-state index in [2.05, 4.69) is 4.98 Å². The molecule has 1 atom stereocenters. The normalized spacial score (nSPS) is 17.2. The van der Waals surface area contributed by atoms with E-state index in [9.17, 15) is 24.8 Å². The molecule has 1 aromatic heterocycles. The number of nitro groups is 1. The number of non-ortho nitro benzene ring substituents is 1. The summed E-state index contributed by atoms with van der Waals surface area (Å²) in [6.07, 6.45) is 5.58. The fraction of sp³-hybridized carbons (Fsp3) is 0.208. The molecule has 34 heavy (non-hydrogen) atoms. The number of aliphatic hydroxyl groups is 1. The topological polar surface area (TPSA) is 128 Å². The Hall–Kier alpha value is -4.47. The lowest BCUT2D eigenvalue weighted by Gasteiger charge is -2.25. The number of amides is 1. The van der Waals surface area contributed by atoms with Crippen LogP contribution in [0.15, 0.2) is 72.8 Å². The van der Waals surface area contributed by atoms with Gasteiger partial charge in [0.1, 0.15) is 11.5 Å². The number of carbonyl (C=O) groups excluding carboxylic acids is 2. The Morgan fingerprint density at radius 1 is 1.18 bits per heavy atom. The van der Waals surface area contributed by atoms with Crippen molar-refractivity contribution in [2.75, 3.05) is 13.7 Å². The van der Waals surface area contributed by atoms with E-state index in [4.69, 9.17) is 4.74 Å². The number of nitro benzene ring substituents is 1. The smallest absolute Gasteiger partial charge is 0.295 e. The number of rotatable bonds is 8. The monoisotopic (exact) mass is 462 g/mol. The first-order valence-electron chi connectivity index (χ1n) is 10.5. The number of benzene rings is 2. The number of aromatic nitrogens is 2. The van der Waals surface area contributed by atoms with E-state index < -0.39 is 22.7 Å². The summed E-state index contributed by atoms with van der Waals surface area (Å²) in [5.74, 6) is -1.53. The van der Waals surface area contributed by atoms with Crippen LogP contribution >= 0.6 is 0 Å². The van der Waals surface area contributed by atoms with Crippen LogP contribution in [-0.4, -0.2) is 49.8 Å². The number of aryl methyl sites for hydroxylation is 1. The second-order valence-corrected chi connectivity index (χ2v) is 7.73. The zero-order chi connectivity index (χ0) is 24.2. The highest BCUT2D eigenvalue weighted by Gasteiger charge is 2.46. The summed E-state index contributed by atoms with van der Waals surface area (Å²) >= 11 is 0. The van der Waals surface area contributed by atoms with Gasteiger partial charge in [-0.05, 0) is 24.1 Å². The molecule has 174 valence electrons. The molecule has 2 heterocycles. The van der Waals surface area contributed by atoms with Gasteiger partial charge in [-0.3, -0.25) is 19.7 Å². The van der Waals surface area contributed by atoms with Gasteiger partial charge in [0.15, 0.2) is 0 Å². The third kappa shape index (κ3) is 4.38. The molecule has 0 unspecified atom stereocenters. The zero-order valence-corrected chi connectivity index (χ0v) is 18.3. The van der Waals surface area contributed by atoms with Crippen molar-refractivity contribution < 1.29 is 24.4 Å². The van der Waals surface area contributed by atoms with Crippen molar-refractivity contribution in [2.45, 2.75) is 19.0 Å². The largest absolute Gasteiger partial charge is 0.507 e. The Morgan fingerprint density at radius 3 is 2.68 bits per heavy atom. The van der Waals surface area contributed by atoms with E-state index in [0.29, 0.717) is 29.8 Å². The highest BCUT2D eigenvalue weighted by atomic mass is 16.6. The number of ketones is 1. The Labute approximate surface area is 194 Å². The third-order valence-electron chi connectivity index (χ3n) is 5.65. The lowest BCUT2D eigenvalue weighted by Crippen LogP contribution is -2.31. The summed E-state index contributed by atoms with van der Waals surface area (Å²) in [7, 11) is 1.47.